The van der Waals surface area contributed by atoms with E-state index < -0.39 is 22.0 Å². The molecule has 1 amide bonds. The van der Waals surface area contributed by atoms with Crippen molar-refractivity contribution < 1.29 is 22.7 Å². The fraction of sp³-hybridized carbons (Fsp3) is 0.240. The van der Waals surface area contributed by atoms with E-state index in [-0.39, 0.29) is 24.6 Å². The maximum atomic E-state index is 13.4. The Bertz CT molecular complexity index is 1300. The first-order chi connectivity index (χ1) is 16.3. The van der Waals surface area contributed by atoms with Crippen molar-refractivity contribution in [3.05, 3.63) is 82.9 Å². The molecule has 9 heteroatoms. The van der Waals surface area contributed by atoms with Gasteiger partial charge in [0.2, 0.25) is 0 Å². The van der Waals surface area contributed by atoms with Crippen molar-refractivity contribution in [2.45, 2.75) is 24.8 Å². The van der Waals surface area contributed by atoms with Crippen LogP contribution < -0.4 is 19.1 Å². The van der Waals surface area contributed by atoms with E-state index >= 15 is 0 Å². The predicted molar refractivity (Wildman–Crippen MR) is 131 cm³/mol. The quantitative estimate of drug-likeness (QED) is 0.493. The lowest BCUT2D eigenvalue weighted by Crippen LogP contribution is -2.51. The molecule has 1 N–H and O–H groups in total. The molecular weight excluding hydrogens is 476 g/mol. The van der Waals surface area contributed by atoms with E-state index in [0.29, 0.717) is 22.2 Å². The third-order valence-corrected chi connectivity index (χ3v) is 7.62. The number of carbonyl (C=O) groups excluding carboxylic acids is 1. The summed E-state index contributed by atoms with van der Waals surface area (Å²) < 4.78 is 39.6. The lowest BCUT2D eigenvalue weighted by atomic mass is 10.1. The van der Waals surface area contributed by atoms with Crippen molar-refractivity contribution in [3.63, 3.8) is 0 Å². The molecule has 0 saturated heterocycles. The lowest BCUT2D eigenvalue weighted by molar-refractivity contribution is -0.127. The number of hydrogen-bond donors (Lipinski definition) is 1. The fourth-order valence-corrected chi connectivity index (χ4v) is 5.22. The van der Waals surface area contributed by atoms with Gasteiger partial charge in [-0.15, -0.1) is 0 Å². The van der Waals surface area contributed by atoms with Gasteiger partial charge in [-0.3, -0.25) is 9.10 Å². The van der Waals surface area contributed by atoms with Gasteiger partial charge in [-0.25, -0.2) is 8.42 Å². The molecule has 4 rings (SSSR count). The summed E-state index contributed by atoms with van der Waals surface area (Å²) in [5.74, 6) is 0.510. The normalized spacial score (nSPS) is 15.3. The largest absolute Gasteiger partial charge is 0.492 e. The van der Waals surface area contributed by atoms with Crippen LogP contribution in [0.4, 0.5) is 5.69 Å². The van der Waals surface area contributed by atoms with Crippen molar-refractivity contribution in [1.29, 1.82) is 0 Å². The molecule has 0 aromatic heterocycles. The number of benzene rings is 3. The van der Waals surface area contributed by atoms with Gasteiger partial charge < -0.3 is 14.8 Å². The van der Waals surface area contributed by atoms with E-state index in [9.17, 15) is 13.2 Å². The number of ether oxygens (including phenoxy) is 2. The SMILES string of the molecule is Cc1ccc2c(c1)N(S(=O)(=O)c1ccccc1)C[C@H](C(=O)NCCOc1ccc(C)c(Cl)c1)O2. The smallest absolute Gasteiger partial charge is 0.264 e. The Morgan fingerprint density at radius 2 is 1.88 bits per heavy atom. The van der Waals surface area contributed by atoms with Crippen LogP contribution in [0.1, 0.15) is 11.1 Å². The Morgan fingerprint density at radius 1 is 1.12 bits per heavy atom. The Hall–Kier alpha value is -3.23. The standard InChI is InChI=1S/C25H25ClN2O5S/c1-17-8-11-23-22(14-17)28(34(30,31)20-6-4-3-5-7-20)16-24(33-23)25(29)27-12-13-32-19-10-9-18(2)21(26)15-19/h3-11,14-15,24H,12-13,16H2,1-2H3,(H,27,29)/t24-/m1/s1. The van der Waals surface area contributed by atoms with Gasteiger partial charge >= 0.3 is 0 Å². The lowest BCUT2D eigenvalue weighted by Gasteiger charge is -2.35. The predicted octanol–water partition coefficient (Wildman–Crippen LogP) is 4.11. The summed E-state index contributed by atoms with van der Waals surface area (Å²) in [4.78, 5) is 13.0. The first kappa shape index (κ1) is 23.9. The molecule has 0 aliphatic carbocycles. The highest BCUT2D eigenvalue weighted by Crippen LogP contribution is 2.37. The molecule has 7 nitrogen and oxygen atoms in total. The molecule has 0 spiro atoms. The highest BCUT2D eigenvalue weighted by Gasteiger charge is 2.37. The first-order valence-corrected chi connectivity index (χ1v) is 12.6. The van der Waals surface area contributed by atoms with E-state index in [1.807, 2.05) is 26.0 Å². The van der Waals surface area contributed by atoms with Crippen LogP contribution in [0, 0.1) is 13.8 Å². The number of fused-ring (bicyclic) bond motifs is 1. The zero-order chi connectivity index (χ0) is 24.3. The summed E-state index contributed by atoms with van der Waals surface area (Å²) in [5.41, 5.74) is 2.24. The van der Waals surface area contributed by atoms with E-state index in [0.717, 1.165) is 11.1 Å². The minimum Gasteiger partial charge on any atom is -0.492 e. The average molecular weight is 501 g/mol. The molecule has 0 radical (unpaired) electrons. The van der Waals surface area contributed by atoms with Crippen molar-refractivity contribution in [2.24, 2.45) is 0 Å². The first-order valence-electron chi connectivity index (χ1n) is 10.8. The third-order valence-electron chi connectivity index (χ3n) is 5.42. The van der Waals surface area contributed by atoms with Gasteiger partial charge in [-0.2, -0.15) is 0 Å². The average Bonchev–Trinajstić information content (AvgIpc) is 2.83. The molecule has 34 heavy (non-hydrogen) atoms. The fourth-order valence-electron chi connectivity index (χ4n) is 3.57. The molecule has 3 aromatic rings. The van der Waals surface area contributed by atoms with Gasteiger partial charge in [0.05, 0.1) is 23.7 Å². The Balaban J connectivity index is 1.47. The van der Waals surface area contributed by atoms with Crippen LogP contribution in [0.3, 0.4) is 0 Å². The molecule has 178 valence electrons. The summed E-state index contributed by atoms with van der Waals surface area (Å²) in [7, 11) is -3.89. The van der Waals surface area contributed by atoms with Gasteiger partial charge in [0.25, 0.3) is 15.9 Å². The second kappa shape index (κ2) is 9.95. The number of aryl methyl sites for hydroxylation is 2. The number of sulfonamides is 1. The molecular formula is C25H25ClN2O5S. The van der Waals surface area contributed by atoms with E-state index in [2.05, 4.69) is 5.32 Å². The zero-order valence-electron chi connectivity index (χ0n) is 18.8. The van der Waals surface area contributed by atoms with Crippen LogP contribution in [-0.2, 0) is 14.8 Å². The van der Waals surface area contributed by atoms with Crippen LogP contribution in [-0.4, -0.2) is 40.1 Å². The van der Waals surface area contributed by atoms with Crippen molar-refractivity contribution in [1.82, 2.24) is 5.32 Å². The molecule has 0 bridgehead atoms. The van der Waals surface area contributed by atoms with Crippen molar-refractivity contribution >= 4 is 33.2 Å². The van der Waals surface area contributed by atoms with E-state index in [1.165, 1.54) is 16.4 Å². The number of carbonyl (C=O) groups is 1. The van der Waals surface area contributed by atoms with Crippen LogP contribution in [0.25, 0.3) is 0 Å². The Kier molecular flexibility index (Phi) is 7.00. The van der Waals surface area contributed by atoms with E-state index in [1.54, 1.807) is 42.5 Å². The molecule has 0 saturated carbocycles. The van der Waals surface area contributed by atoms with Crippen LogP contribution in [0.15, 0.2) is 71.6 Å². The number of halogens is 1. The topological polar surface area (TPSA) is 84.9 Å². The van der Waals surface area contributed by atoms with Gasteiger partial charge in [0, 0.05) is 5.02 Å². The van der Waals surface area contributed by atoms with Gasteiger partial charge in [0.1, 0.15) is 18.1 Å². The van der Waals surface area contributed by atoms with Crippen LogP contribution >= 0.6 is 11.6 Å². The minimum atomic E-state index is -3.89. The highest BCUT2D eigenvalue weighted by atomic mass is 35.5. The van der Waals surface area contributed by atoms with Gasteiger partial charge in [0.15, 0.2) is 6.10 Å². The Morgan fingerprint density at radius 3 is 2.62 bits per heavy atom. The van der Waals surface area contributed by atoms with Crippen molar-refractivity contribution in [3.8, 4) is 11.5 Å². The highest BCUT2D eigenvalue weighted by molar-refractivity contribution is 7.92. The van der Waals surface area contributed by atoms with E-state index in [4.69, 9.17) is 21.1 Å². The zero-order valence-corrected chi connectivity index (χ0v) is 20.4. The number of hydrogen-bond acceptors (Lipinski definition) is 5. The second-order valence-electron chi connectivity index (χ2n) is 7.98. The molecule has 1 aliphatic heterocycles. The molecule has 1 atom stereocenters. The third kappa shape index (κ3) is 5.13. The monoisotopic (exact) mass is 500 g/mol. The molecule has 3 aromatic carbocycles. The number of nitrogens with zero attached hydrogens (tertiary/aromatic N) is 1. The summed E-state index contributed by atoms with van der Waals surface area (Å²) in [6.45, 7) is 4.06. The Labute approximate surface area is 204 Å². The summed E-state index contributed by atoms with van der Waals surface area (Å²) >= 11 is 6.10. The molecule has 0 fully saturated rings. The summed E-state index contributed by atoms with van der Waals surface area (Å²) in [6.07, 6.45) is -1.01. The molecule has 0 unspecified atom stereocenters. The summed E-state index contributed by atoms with van der Waals surface area (Å²) in [6, 6.07) is 18.7. The van der Waals surface area contributed by atoms with Crippen molar-refractivity contribution in [2.75, 3.05) is 24.0 Å². The summed E-state index contributed by atoms with van der Waals surface area (Å²) in [5, 5.41) is 3.36. The van der Waals surface area contributed by atoms with Gasteiger partial charge in [-0.05, 0) is 61.4 Å². The number of rotatable bonds is 7. The number of anilines is 1. The molecule has 1 heterocycles. The van der Waals surface area contributed by atoms with Gasteiger partial charge in [-0.1, -0.05) is 41.9 Å². The maximum Gasteiger partial charge on any atom is 0.264 e. The second-order valence-corrected chi connectivity index (χ2v) is 10.2. The maximum absolute atomic E-state index is 13.4. The minimum absolute atomic E-state index is 0.145. The van der Waals surface area contributed by atoms with Crippen LogP contribution in [0.5, 0.6) is 11.5 Å². The molecule has 1 aliphatic rings. The number of nitrogens with one attached hydrogen (secondary N) is 1. The van der Waals surface area contributed by atoms with Crippen LogP contribution in [0.2, 0.25) is 5.02 Å². The number of amides is 1.